The number of carboxylic acid groups (broad SMARTS) is 1. The van der Waals surface area contributed by atoms with Gasteiger partial charge in [0.15, 0.2) is 5.82 Å². The van der Waals surface area contributed by atoms with E-state index in [9.17, 15) is 20.1 Å². The Morgan fingerprint density at radius 1 is 1.09 bits per heavy atom. The van der Waals surface area contributed by atoms with Crippen LogP contribution in [0.1, 0.15) is 40.9 Å². The fourth-order valence-corrected chi connectivity index (χ4v) is 3.65. The standard InChI is InChI=1S/C25H26F2N4O4/c1-14-4-7-18(21(26)10-14)24(19-8-5-15(2)11-22(19)27)20(25-28-29-30-31(25)3)9-6-16(32)12-17(33)13-23(34)35/h4-11,16-17,32-33H,12-13H2,1-3H3,(H,34,35)/p-1/b9-6+/t16-,17-/m1/s1. The molecule has 0 aliphatic heterocycles. The number of tetrazole rings is 1. The number of halogens is 2. The summed E-state index contributed by atoms with van der Waals surface area (Å²) in [4.78, 5) is 10.7. The molecular formula is C25H25F2N4O4-. The zero-order valence-electron chi connectivity index (χ0n) is 19.4. The molecule has 0 bridgehead atoms. The van der Waals surface area contributed by atoms with E-state index >= 15 is 8.78 Å². The predicted octanol–water partition coefficient (Wildman–Crippen LogP) is 1.87. The van der Waals surface area contributed by atoms with Crippen molar-refractivity contribution in [2.24, 2.45) is 7.05 Å². The topological polar surface area (TPSA) is 124 Å². The maximum Gasteiger partial charge on any atom is 0.182 e. The second-order valence-electron chi connectivity index (χ2n) is 8.27. The molecule has 1 aromatic heterocycles. The van der Waals surface area contributed by atoms with Gasteiger partial charge in [-0.05, 0) is 47.5 Å². The largest absolute Gasteiger partial charge is 0.550 e. The lowest BCUT2D eigenvalue weighted by atomic mass is 9.90. The molecule has 0 saturated heterocycles. The monoisotopic (exact) mass is 483 g/mol. The quantitative estimate of drug-likeness (QED) is 0.445. The first-order valence-corrected chi connectivity index (χ1v) is 10.8. The molecule has 1 heterocycles. The van der Waals surface area contributed by atoms with Crippen LogP contribution in [0.2, 0.25) is 0 Å². The Kier molecular flexibility index (Phi) is 8.21. The van der Waals surface area contributed by atoms with Gasteiger partial charge in [0.05, 0.1) is 12.2 Å². The lowest BCUT2D eigenvalue weighted by molar-refractivity contribution is -0.307. The van der Waals surface area contributed by atoms with Crippen molar-refractivity contribution >= 4 is 17.1 Å². The van der Waals surface area contributed by atoms with E-state index in [0.717, 1.165) is 0 Å². The van der Waals surface area contributed by atoms with Gasteiger partial charge in [0.1, 0.15) is 11.6 Å². The first kappa shape index (κ1) is 25.9. The van der Waals surface area contributed by atoms with E-state index in [4.69, 9.17) is 0 Å². The molecule has 0 aliphatic rings. The minimum Gasteiger partial charge on any atom is -0.550 e. The molecule has 0 radical (unpaired) electrons. The second kappa shape index (κ2) is 11.1. The van der Waals surface area contributed by atoms with Gasteiger partial charge < -0.3 is 20.1 Å². The zero-order valence-corrected chi connectivity index (χ0v) is 19.4. The van der Waals surface area contributed by atoms with Gasteiger partial charge in [-0.2, -0.15) is 0 Å². The zero-order chi connectivity index (χ0) is 25.7. The third-order valence-corrected chi connectivity index (χ3v) is 5.32. The van der Waals surface area contributed by atoms with Crippen LogP contribution in [0.25, 0.3) is 11.1 Å². The lowest BCUT2D eigenvalue weighted by Gasteiger charge is -2.17. The summed E-state index contributed by atoms with van der Waals surface area (Å²) in [6.07, 6.45) is -0.868. The Morgan fingerprint density at radius 2 is 1.66 bits per heavy atom. The van der Waals surface area contributed by atoms with Gasteiger partial charge in [0, 0.05) is 48.1 Å². The van der Waals surface area contributed by atoms with Crippen molar-refractivity contribution in [3.8, 4) is 0 Å². The second-order valence-corrected chi connectivity index (χ2v) is 8.27. The molecule has 8 nitrogen and oxygen atoms in total. The van der Waals surface area contributed by atoms with E-state index in [1.54, 1.807) is 33.0 Å². The summed E-state index contributed by atoms with van der Waals surface area (Å²) in [7, 11) is 1.55. The normalized spacial score (nSPS) is 13.1. The number of hydrogen-bond acceptors (Lipinski definition) is 7. The van der Waals surface area contributed by atoms with Crippen molar-refractivity contribution in [2.75, 3.05) is 0 Å². The third-order valence-electron chi connectivity index (χ3n) is 5.32. The Balaban J connectivity index is 2.24. The maximum absolute atomic E-state index is 15.2. The number of aliphatic hydroxyl groups excluding tert-OH is 2. The highest BCUT2D eigenvalue weighted by atomic mass is 19.1. The molecule has 2 N–H and O–H groups in total. The number of nitrogens with zero attached hydrogens (tertiary/aromatic N) is 4. The summed E-state index contributed by atoms with van der Waals surface area (Å²) in [6.45, 7) is 3.45. The molecule has 184 valence electrons. The first-order chi connectivity index (χ1) is 16.6. The van der Waals surface area contributed by atoms with Crippen molar-refractivity contribution in [3.63, 3.8) is 0 Å². The predicted molar refractivity (Wildman–Crippen MR) is 122 cm³/mol. The Labute approximate surface area is 200 Å². The van der Waals surface area contributed by atoms with Crippen LogP contribution in [-0.2, 0) is 11.8 Å². The number of carboxylic acids is 1. The summed E-state index contributed by atoms with van der Waals surface area (Å²) < 4.78 is 31.7. The van der Waals surface area contributed by atoms with Gasteiger partial charge in [0.2, 0.25) is 0 Å². The Hall–Kier alpha value is -3.76. The number of aryl methyl sites for hydroxylation is 3. The number of carbonyl (C=O) groups is 1. The third kappa shape index (κ3) is 6.43. The van der Waals surface area contributed by atoms with Gasteiger partial charge in [-0.15, -0.1) is 5.10 Å². The summed E-state index contributed by atoms with van der Waals surface area (Å²) in [5.41, 5.74) is 1.88. The van der Waals surface area contributed by atoms with Crippen LogP contribution in [0.4, 0.5) is 8.78 Å². The highest BCUT2D eigenvalue weighted by molar-refractivity contribution is 6.01. The number of rotatable bonds is 9. The molecule has 2 aromatic carbocycles. The van der Waals surface area contributed by atoms with E-state index in [0.29, 0.717) is 11.1 Å². The molecule has 0 fully saturated rings. The molecule has 10 heteroatoms. The average molecular weight is 483 g/mol. The summed E-state index contributed by atoms with van der Waals surface area (Å²) in [5, 5.41) is 42.3. The minimum atomic E-state index is -1.45. The van der Waals surface area contributed by atoms with Gasteiger partial charge >= 0.3 is 0 Å². The number of carbonyl (C=O) groups excluding carboxylic acids is 1. The van der Waals surface area contributed by atoms with Gasteiger partial charge in [-0.25, -0.2) is 13.5 Å². The number of hydrogen-bond donors (Lipinski definition) is 2. The van der Waals surface area contributed by atoms with Crippen LogP contribution in [-0.4, -0.2) is 48.6 Å². The Bertz CT molecular complexity index is 1230. The first-order valence-electron chi connectivity index (χ1n) is 10.8. The Morgan fingerprint density at radius 3 is 2.11 bits per heavy atom. The maximum atomic E-state index is 15.2. The van der Waals surface area contributed by atoms with Crippen LogP contribution in [0.5, 0.6) is 0 Å². The van der Waals surface area contributed by atoms with Crippen LogP contribution in [0.15, 0.2) is 48.6 Å². The summed E-state index contributed by atoms with van der Waals surface area (Å²) in [6, 6.07) is 9.07. The fraction of sp³-hybridized carbons (Fsp3) is 0.280. The van der Waals surface area contributed by atoms with Crippen molar-refractivity contribution < 1.29 is 28.9 Å². The molecule has 2 atom stereocenters. The number of allylic oxidation sites excluding steroid dienone is 2. The minimum absolute atomic E-state index is 0.0903. The SMILES string of the molecule is Cc1ccc(C(=C(/C=C/[C@@H](O)C[C@@H](O)CC(=O)[O-])c2nnnn2C)c2ccc(C)cc2F)c(F)c1. The van der Waals surface area contributed by atoms with Crippen LogP contribution < -0.4 is 5.11 Å². The molecule has 0 unspecified atom stereocenters. The van der Waals surface area contributed by atoms with Crippen LogP contribution >= 0.6 is 0 Å². The molecule has 3 aromatic rings. The summed E-state index contributed by atoms with van der Waals surface area (Å²) >= 11 is 0. The molecule has 0 amide bonds. The number of aliphatic carboxylic acids is 1. The van der Waals surface area contributed by atoms with E-state index in [-0.39, 0.29) is 34.5 Å². The molecule has 0 saturated carbocycles. The number of aromatic nitrogens is 4. The fourth-order valence-electron chi connectivity index (χ4n) is 3.65. The van der Waals surface area contributed by atoms with Gasteiger partial charge in [0.25, 0.3) is 0 Å². The van der Waals surface area contributed by atoms with Crippen molar-refractivity contribution in [1.82, 2.24) is 20.2 Å². The van der Waals surface area contributed by atoms with E-state index in [2.05, 4.69) is 15.5 Å². The molecule has 0 spiro atoms. The lowest BCUT2D eigenvalue weighted by Crippen LogP contribution is -2.29. The van der Waals surface area contributed by atoms with Crippen molar-refractivity contribution in [2.45, 2.75) is 38.9 Å². The molecule has 3 rings (SSSR count). The molecular weight excluding hydrogens is 458 g/mol. The average Bonchev–Trinajstić information content (AvgIpc) is 3.17. The van der Waals surface area contributed by atoms with Crippen molar-refractivity contribution in [1.29, 1.82) is 0 Å². The van der Waals surface area contributed by atoms with Gasteiger partial charge in [-0.3, -0.25) is 0 Å². The number of aliphatic hydroxyl groups is 2. The molecule has 35 heavy (non-hydrogen) atoms. The van der Waals surface area contributed by atoms with E-state index in [1.165, 1.54) is 41.1 Å². The van der Waals surface area contributed by atoms with E-state index < -0.39 is 36.2 Å². The van der Waals surface area contributed by atoms with E-state index in [1.807, 2.05) is 0 Å². The highest BCUT2D eigenvalue weighted by Gasteiger charge is 2.22. The van der Waals surface area contributed by atoms with Gasteiger partial charge in [-0.1, -0.05) is 36.4 Å². The van der Waals surface area contributed by atoms with Crippen LogP contribution in [0.3, 0.4) is 0 Å². The highest BCUT2D eigenvalue weighted by Crippen LogP contribution is 2.35. The van der Waals surface area contributed by atoms with Crippen LogP contribution in [0, 0.1) is 25.5 Å². The smallest absolute Gasteiger partial charge is 0.182 e. The number of benzene rings is 2. The molecule has 0 aliphatic carbocycles. The van der Waals surface area contributed by atoms with Crippen molar-refractivity contribution in [3.05, 3.63) is 88.3 Å². The summed E-state index contributed by atoms with van der Waals surface area (Å²) in [5.74, 6) is -2.47.